The van der Waals surface area contributed by atoms with E-state index in [0.717, 1.165) is 11.3 Å². The molecule has 2 amide bonds. The summed E-state index contributed by atoms with van der Waals surface area (Å²) < 4.78 is 30.2. The molecule has 0 aliphatic carbocycles. The van der Waals surface area contributed by atoms with E-state index in [2.05, 4.69) is 20.5 Å². The number of aromatic nitrogens is 5. The lowest BCUT2D eigenvalue weighted by Gasteiger charge is -2.11. The zero-order valence-corrected chi connectivity index (χ0v) is 19.3. The first kappa shape index (κ1) is 22.8. The highest BCUT2D eigenvalue weighted by Gasteiger charge is 2.27. The number of amides is 2. The Balaban J connectivity index is 2.01. The number of rotatable bonds is 6. The molecule has 0 aliphatic heterocycles. The average molecular weight is 494 g/mol. The molecule has 0 fully saturated rings. The minimum Gasteiger partial charge on any atom is -0.365 e. The quantitative estimate of drug-likeness (QED) is 0.417. The Morgan fingerprint density at radius 1 is 1.33 bits per heavy atom. The van der Waals surface area contributed by atoms with Crippen molar-refractivity contribution < 1.29 is 18.4 Å². The van der Waals surface area contributed by atoms with Crippen molar-refractivity contribution in [3.05, 3.63) is 45.4 Å². The van der Waals surface area contributed by atoms with Crippen LogP contribution in [0.25, 0.3) is 21.3 Å². The lowest BCUT2D eigenvalue weighted by atomic mass is 10.0. The third kappa shape index (κ3) is 3.95. The van der Waals surface area contributed by atoms with E-state index in [1.165, 1.54) is 24.0 Å². The van der Waals surface area contributed by atoms with Crippen LogP contribution in [0.3, 0.4) is 0 Å². The Morgan fingerprint density at radius 2 is 2.06 bits per heavy atom. The predicted octanol–water partition coefficient (Wildman–Crippen LogP) is 4.16. The molecule has 0 unspecified atom stereocenters. The molecule has 4 heterocycles. The molecule has 0 aliphatic rings. The van der Waals surface area contributed by atoms with Crippen LogP contribution < -0.4 is 11.1 Å². The summed E-state index contributed by atoms with van der Waals surface area (Å²) in [6.45, 7) is 4.20. The highest BCUT2D eigenvalue weighted by atomic mass is 35.5. The van der Waals surface area contributed by atoms with Gasteiger partial charge in [0.15, 0.2) is 0 Å². The maximum absolute atomic E-state index is 13.6. The Morgan fingerprint density at radius 3 is 2.61 bits per heavy atom. The van der Waals surface area contributed by atoms with E-state index in [1.54, 1.807) is 17.8 Å². The summed E-state index contributed by atoms with van der Waals surface area (Å²) in [4.78, 5) is 29.4. The molecule has 9 nitrogen and oxygen atoms in total. The minimum atomic E-state index is -2.85. The van der Waals surface area contributed by atoms with Crippen molar-refractivity contribution in [2.24, 2.45) is 12.8 Å². The van der Waals surface area contributed by atoms with Crippen molar-refractivity contribution in [3.8, 4) is 11.1 Å². The van der Waals surface area contributed by atoms with E-state index in [4.69, 9.17) is 17.3 Å². The van der Waals surface area contributed by atoms with Gasteiger partial charge in [-0.2, -0.15) is 10.2 Å². The SMILES string of the molecule is CCn1cc(-c2cc(C(F)F)nc3sc(C(N)=O)c(NC(=O)c4c(Cl)cnn4C)c23)c(C)n1. The standard InChI is InChI=1S/C20H18ClF2N7O2S/c1-4-30-7-10(8(2)28-30)9-5-12(17(22)23)26-20-13(9)14(16(33-20)18(24)31)27-19(32)15-11(21)6-25-29(15)3/h5-7,17H,4H2,1-3H3,(H2,24,31)(H,27,32). The van der Waals surface area contributed by atoms with Crippen molar-refractivity contribution in [1.82, 2.24) is 24.5 Å². The summed E-state index contributed by atoms with van der Waals surface area (Å²) in [5.41, 5.74) is 6.71. The van der Waals surface area contributed by atoms with E-state index in [-0.39, 0.29) is 26.1 Å². The van der Waals surface area contributed by atoms with Crippen molar-refractivity contribution in [3.63, 3.8) is 0 Å². The molecule has 0 radical (unpaired) electrons. The second kappa shape index (κ2) is 8.52. The molecule has 0 spiro atoms. The molecular weight excluding hydrogens is 476 g/mol. The Bertz CT molecular complexity index is 1390. The summed E-state index contributed by atoms with van der Waals surface area (Å²) in [5.74, 6) is -1.48. The molecule has 13 heteroatoms. The number of nitrogens with zero attached hydrogens (tertiary/aromatic N) is 5. The summed E-state index contributed by atoms with van der Waals surface area (Å²) in [7, 11) is 1.53. The predicted molar refractivity (Wildman–Crippen MR) is 121 cm³/mol. The number of halogens is 3. The van der Waals surface area contributed by atoms with Gasteiger partial charge in [-0.15, -0.1) is 11.3 Å². The molecule has 0 aromatic carbocycles. The lowest BCUT2D eigenvalue weighted by molar-refractivity contribution is 0.100. The molecule has 4 rings (SSSR count). The first-order chi connectivity index (χ1) is 15.6. The van der Waals surface area contributed by atoms with Crippen LogP contribution in [-0.2, 0) is 13.6 Å². The second-order valence-corrected chi connectivity index (χ2v) is 8.55. The Labute approximate surface area is 195 Å². The zero-order chi connectivity index (χ0) is 24.0. The third-order valence-corrected chi connectivity index (χ3v) is 6.41. The molecule has 33 heavy (non-hydrogen) atoms. The van der Waals surface area contributed by atoms with Gasteiger partial charge < -0.3 is 11.1 Å². The van der Waals surface area contributed by atoms with Crippen LogP contribution in [0.1, 0.15) is 44.9 Å². The first-order valence-electron chi connectivity index (χ1n) is 9.71. The monoisotopic (exact) mass is 493 g/mol. The fourth-order valence-corrected chi connectivity index (χ4v) is 4.78. The van der Waals surface area contributed by atoms with Crippen LogP contribution in [-0.4, -0.2) is 36.4 Å². The molecule has 0 saturated carbocycles. The largest absolute Gasteiger partial charge is 0.365 e. The topological polar surface area (TPSA) is 121 Å². The Hall–Kier alpha value is -3.38. The number of thiophene rings is 1. The second-order valence-electron chi connectivity index (χ2n) is 7.15. The first-order valence-corrected chi connectivity index (χ1v) is 10.9. The number of alkyl halides is 2. The number of pyridine rings is 1. The summed E-state index contributed by atoms with van der Waals surface area (Å²) in [6.07, 6.45) is 0.173. The number of aryl methyl sites for hydroxylation is 3. The number of nitrogens with one attached hydrogen (secondary N) is 1. The van der Waals surface area contributed by atoms with E-state index in [1.807, 2.05) is 6.92 Å². The average Bonchev–Trinajstić information content (AvgIpc) is 3.42. The highest BCUT2D eigenvalue weighted by molar-refractivity contribution is 7.21. The maximum atomic E-state index is 13.6. The number of hydrogen-bond acceptors (Lipinski definition) is 6. The van der Waals surface area contributed by atoms with E-state index in [9.17, 15) is 18.4 Å². The van der Waals surface area contributed by atoms with Crippen LogP contribution in [0.5, 0.6) is 0 Å². The van der Waals surface area contributed by atoms with Crippen molar-refractivity contribution in [2.75, 3.05) is 5.32 Å². The van der Waals surface area contributed by atoms with E-state index < -0.39 is 23.9 Å². The van der Waals surface area contributed by atoms with Crippen LogP contribution in [0.4, 0.5) is 14.5 Å². The molecule has 4 aromatic heterocycles. The zero-order valence-electron chi connectivity index (χ0n) is 17.7. The van der Waals surface area contributed by atoms with E-state index in [0.29, 0.717) is 28.8 Å². The lowest BCUT2D eigenvalue weighted by Crippen LogP contribution is -2.19. The molecular formula is C20H18ClF2N7O2S. The summed E-state index contributed by atoms with van der Waals surface area (Å²) in [6, 6.07) is 1.24. The number of carbonyl (C=O) groups is 2. The van der Waals surface area contributed by atoms with Gasteiger partial charge in [0.2, 0.25) is 0 Å². The highest BCUT2D eigenvalue weighted by Crippen LogP contribution is 2.43. The van der Waals surface area contributed by atoms with Gasteiger partial charge in [0.05, 0.1) is 22.6 Å². The van der Waals surface area contributed by atoms with Gasteiger partial charge in [-0.3, -0.25) is 19.0 Å². The number of primary amides is 1. The molecule has 0 atom stereocenters. The smallest absolute Gasteiger partial charge is 0.280 e. The van der Waals surface area contributed by atoms with Gasteiger partial charge in [-0.05, 0) is 25.5 Å². The minimum absolute atomic E-state index is 0.0302. The Kier molecular flexibility index (Phi) is 5.89. The van der Waals surface area contributed by atoms with Crippen LogP contribution in [0.15, 0.2) is 18.5 Å². The van der Waals surface area contributed by atoms with Gasteiger partial charge in [0, 0.05) is 30.7 Å². The number of nitrogens with two attached hydrogens (primary N) is 1. The molecule has 3 N–H and O–H groups in total. The number of anilines is 1. The molecule has 0 saturated heterocycles. The van der Waals surface area contributed by atoms with Crippen molar-refractivity contribution in [1.29, 1.82) is 0 Å². The number of carbonyl (C=O) groups excluding carboxylic acids is 2. The number of hydrogen-bond donors (Lipinski definition) is 2. The van der Waals surface area contributed by atoms with Crippen LogP contribution in [0, 0.1) is 6.92 Å². The fraction of sp³-hybridized carbons (Fsp3) is 0.250. The third-order valence-electron chi connectivity index (χ3n) is 5.04. The van der Waals surface area contributed by atoms with Gasteiger partial charge in [0.25, 0.3) is 18.2 Å². The maximum Gasteiger partial charge on any atom is 0.280 e. The van der Waals surface area contributed by atoms with Crippen LogP contribution in [0.2, 0.25) is 5.02 Å². The summed E-state index contributed by atoms with van der Waals surface area (Å²) in [5, 5.41) is 11.4. The van der Waals surface area contributed by atoms with Gasteiger partial charge >= 0.3 is 0 Å². The fourth-order valence-electron chi connectivity index (χ4n) is 3.52. The number of fused-ring (bicyclic) bond motifs is 1. The van der Waals surface area contributed by atoms with Gasteiger partial charge in [-0.25, -0.2) is 13.8 Å². The van der Waals surface area contributed by atoms with E-state index >= 15 is 0 Å². The summed E-state index contributed by atoms with van der Waals surface area (Å²) >= 11 is 6.91. The van der Waals surface area contributed by atoms with Crippen LogP contribution >= 0.6 is 22.9 Å². The van der Waals surface area contributed by atoms with Crippen molar-refractivity contribution >= 4 is 50.7 Å². The molecule has 0 bridgehead atoms. The van der Waals surface area contributed by atoms with Gasteiger partial charge in [0.1, 0.15) is 21.1 Å². The molecule has 172 valence electrons. The normalized spacial score (nSPS) is 11.5. The molecule has 4 aromatic rings. The van der Waals surface area contributed by atoms with Gasteiger partial charge in [-0.1, -0.05) is 11.6 Å². The van der Waals surface area contributed by atoms with Crippen molar-refractivity contribution in [2.45, 2.75) is 26.8 Å².